The Kier molecular flexibility index (Phi) is 6.43. The SMILES string of the molecule is Cc1ccc(C#Cc2nc3cc(N)ccc3nc2OCCCN2CCOCC2)cc1. The minimum Gasteiger partial charge on any atom is -0.476 e. The lowest BCUT2D eigenvalue weighted by molar-refractivity contribution is 0.0357. The van der Waals surface area contributed by atoms with Crippen LogP contribution < -0.4 is 10.5 Å². The summed E-state index contributed by atoms with van der Waals surface area (Å²) in [6.45, 7) is 7.16. The van der Waals surface area contributed by atoms with E-state index in [0.29, 0.717) is 29.4 Å². The molecule has 1 aliphatic rings. The number of nitrogen functional groups attached to an aromatic ring is 1. The second-order valence-electron chi connectivity index (χ2n) is 7.40. The van der Waals surface area contributed by atoms with Crippen molar-refractivity contribution in [3.63, 3.8) is 0 Å². The molecule has 4 rings (SSSR count). The van der Waals surface area contributed by atoms with Crippen LogP contribution in [0.15, 0.2) is 42.5 Å². The van der Waals surface area contributed by atoms with Crippen LogP contribution in [0.25, 0.3) is 11.0 Å². The molecule has 2 heterocycles. The Balaban J connectivity index is 1.52. The molecule has 2 aromatic carbocycles. The fourth-order valence-electron chi connectivity index (χ4n) is 3.29. The molecular weight excluding hydrogens is 376 g/mol. The summed E-state index contributed by atoms with van der Waals surface area (Å²) in [4.78, 5) is 11.7. The Morgan fingerprint density at radius 1 is 1.03 bits per heavy atom. The minimum absolute atomic E-state index is 0.467. The number of fused-ring (bicyclic) bond motifs is 1. The van der Waals surface area contributed by atoms with Gasteiger partial charge in [-0.2, -0.15) is 0 Å². The first kappa shape index (κ1) is 20.1. The fraction of sp³-hybridized carbons (Fsp3) is 0.333. The van der Waals surface area contributed by atoms with Crippen molar-refractivity contribution in [1.29, 1.82) is 0 Å². The van der Waals surface area contributed by atoms with Crippen LogP contribution in [0.2, 0.25) is 0 Å². The maximum Gasteiger partial charge on any atom is 0.249 e. The summed E-state index contributed by atoms with van der Waals surface area (Å²) in [6.07, 6.45) is 0.909. The summed E-state index contributed by atoms with van der Waals surface area (Å²) in [5, 5.41) is 0. The molecule has 0 unspecified atom stereocenters. The third kappa shape index (κ3) is 5.26. The lowest BCUT2D eigenvalue weighted by atomic mass is 10.1. The van der Waals surface area contributed by atoms with Gasteiger partial charge in [-0.1, -0.05) is 23.6 Å². The average Bonchev–Trinajstić information content (AvgIpc) is 2.77. The van der Waals surface area contributed by atoms with E-state index in [2.05, 4.69) is 33.6 Å². The van der Waals surface area contributed by atoms with Crippen LogP contribution in [0.5, 0.6) is 5.88 Å². The van der Waals surface area contributed by atoms with E-state index in [1.807, 2.05) is 42.5 Å². The minimum atomic E-state index is 0.467. The van der Waals surface area contributed by atoms with E-state index in [-0.39, 0.29) is 0 Å². The fourth-order valence-corrected chi connectivity index (χ4v) is 3.29. The smallest absolute Gasteiger partial charge is 0.249 e. The summed E-state index contributed by atoms with van der Waals surface area (Å²) in [5.41, 5.74) is 10.7. The molecule has 0 amide bonds. The largest absolute Gasteiger partial charge is 0.476 e. The van der Waals surface area contributed by atoms with Gasteiger partial charge in [0.25, 0.3) is 0 Å². The zero-order valence-electron chi connectivity index (χ0n) is 17.2. The second-order valence-corrected chi connectivity index (χ2v) is 7.40. The highest BCUT2D eigenvalue weighted by molar-refractivity contribution is 5.79. The number of benzene rings is 2. The lowest BCUT2D eigenvalue weighted by Gasteiger charge is -2.26. The molecule has 30 heavy (non-hydrogen) atoms. The number of nitrogens with two attached hydrogens (primary N) is 1. The van der Waals surface area contributed by atoms with Crippen molar-refractivity contribution in [3.8, 4) is 17.7 Å². The van der Waals surface area contributed by atoms with E-state index >= 15 is 0 Å². The number of hydrogen-bond donors (Lipinski definition) is 1. The summed E-state index contributed by atoms with van der Waals surface area (Å²) < 4.78 is 11.4. The Morgan fingerprint density at radius 3 is 2.63 bits per heavy atom. The van der Waals surface area contributed by atoms with Crippen LogP contribution in [0.3, 0.4) is 0 Å². The number of aryl methyl sites for hydroxylation is 1. The van der Waals surface area contributed by atoms with Crippen LogP contribution in [0.1, 0.15) is 23.2 Å². The molecule has 1 aromatic heterocycles. The van der Waals surface area contributed by atoms with Gasteiger partial charge in [0, 0.05) is 30.9 Å². The number of anilines is 1. The quantitative estimate of drug-likeness (QED) is 0.402. The summed E-state index contributed by atoms with van der Waals surface area (Å²) in [6, 6.07) is 13.6. The first-order valence-electron chi connectivity index (χ1n) is 10.3. The van der Waals surface area contributed by atoms with Gasteiger partial charge >= 0.3 is 0 Å². The van der Waals surface area contributed by atoms with Crippen LogP contribution in [-0.4, -0.2) is 54.3 Å². The highest BCUT2D eigenvalue weighted by atomic mass is 16.5. The van der Waals surface area contributed by atoms with Crippen molar-refractivity contribution in [2.24, 2.45) is 0 Å². The van der Waals surface area contributed by atoms with Crippen LogP contribution in [-0.2, 0) is 4.74 Å². The number of hydrogen-bond acceptors (Lipinski definition) is 6. The monoisotopic (exact) mass is 402 g/mol. The topological polar surface area (TPSA) is 73.5 Å². The standard InChI is InChI=1S/C24H26N4O2/c1-18-3-5-19(6-4-18)7-9-22-24(27-21-10-8-20(25)17-23(21)26-22)30-14-2-11-28-12-15-29-16-13-28/h3-6,8,10,17H,2,11-16,25H2,1H3. The molecule has 1 saturated heterocycles. The summed E-state index contributed by atoms with van der Waals surface area (Å²) in [5.74, 6) is 6.77. The van der Waals surface area contributed by atoms with Crippen molar-refractivity contribution in [1.82, 2.24) is 14.9 Å². The predicted octanol–water partition coefficient (Wildman–Crippen LogP) is 3.02. The Labute approximate surface area is 177 Å². The maximum absolute atomic E-state index is 6.01. The highest BCUT2D eigenvalue weighted by Gasteiger charge is 2.12. The molecule has 1 aliphatic heterocycles. The normalized spacial score (nSPS) is 14.3. The van der Waals surface area contributed by atoms with Gasteiger partial charge in [0.1, 0.15) is 0 Å². The summed E-state index contributed by atoms with van der Waals surface area (Å²) in [7, 11) is 0. The predicted molar refractivity (Wildman–Crippen MR) is 118 cm³/mol. The molecule has 6 nitrogen and oxygen atoms in total. The van der Waals surface area contributed by atoms with E-state index in [4.69, 9.17) is 15.2 Å². The van der Waals surface area contributed by atoms with Gasteiger partial charge in [-0.05, 0) is 49.6 Å². The Bertz CT molecular complexity index is 1060. The Hall–Kier alpha value is -3.14. The highest BCUT2D eigenvalue weighted by Crippen LogP contribution is 2.20. The molecule has 6 heteroatoms. The molecule has 154 valence electrons. The molecule has 0 bridgehead atoms. The van der Waals surface area contributed by atoms with E-state index in [0.717, 1.165) is 50.3 Å². The average molecular weight is 402 g/mol. The van der Waals surface area contributed by atoms with E-state index < -0.39 is 0 Å². The van der Waals surface area contributed by atoms with E-state index in [1.165, 1.54) is 5.56 Å². The van der Waals surface area contributed by atoms with Crippen molar-refractivity contribution in [2.45, 2.75) is 13.3 Å². The third-order valence-corrected chi connectivity index (χ3v) is 4.99. The molecular formula is C24H26N4O2. The van der Waals surface area contributed by atoms with Gasteiger partial charge in [-0.3, -0.25) is 4.90 Å². The van der Waals surface area contributed by atoms with E-state index in [1.54, 1.807) is 0 Å². The lowest BCUT2D eigenvalue weighted by Crippen LogP contribution is -2.37. The van der Waals surface area contributed by atoms with Gasteiger partial charge in [0.2, 0.25) is 5.88 Å². The number of ether oxygens (including phenoxy) is 2. The van der Waals surface area contributed by atoms with Crippen LogP contribution in [0.4, 0.5) is 5.69 Å². The van der Waals surface area contributed by atoms with Crippen LogP contribution in [0, 0.1) is 18.8 Å². The van der Waals surface area contributed by atoms with E-state index in [9.17, 15) is 0 Å². The van der Waals surface area contributed by atoms with Gasteiger partial charge in [-0.25, -0.2) is 9.97 Å². The zero-order chi connectivity index (χ0) is 20.8. The van der Waals surface area contributed by atoms with Gasteiger partial charge in [0.05, 0.1) is 30.9 Å². The first-order chi connectivity index (χ1) is 14.7. The van der Waals surface area contributed by atoms with Gasteiger partial charge in [0.15, 0.2) is 5.69 Å². The van der Waals surface area contributed by atoms with Crippen LogP contribution >= 0.6 is 0 Å². The molecule has 2 N–H and O–H groups in total. The molecule has 1 fully saturated rings. The molecule has 0 aliphatic carbocycles. The van der Waals surface area contributed by atoms with Gasteiger partial charge < -0.3 is 15.2 Å². The van der Waals surface area contributed by atoms with Crippen molar-refractivity contribution < 1.29 is 9.47 Å². The molecule has 0 radical (unpaired) electrons. The van der Waals surface area contributed by atoms with Crippen molar-refractivity contribution >= 4 is 16.7 Å². The van der Waals surface area contributed by atoms with Crippen molar-refractivity contribution in [2.75, 3.05) is 45.2 Å². The van der Waals surface area contributed by atoms with Gasteiger partial charge in [-0.15, -0.1) is 0 Å². The van der Waals surface area contributed by atoms with Crippen molar-refractivity contribution in [3.05, 3.63) is 59.3 Å². The maximum atomic E-state index is 6.01. The third-order valence-electron chi connectivity index (χ3n) is 4.99. The number of rotatable bonds is 5. The zero-order valence-corrected chi connectivity index (χ0v) is 17.2. The first-order valence-corrected chi connectivity index (χ1v) is 10.3. The molecule has 0 spiro atoms. The molecule has 0 saturated carbocycles. The number of aromatic nitrogens is 2. The number of morpholine rings is 1. The number of nitrogens with zero attached hydrogens (tertiary/aromatic N) is 3. The Morgan fingerprint density at radius 2 is 1.83 bits per heavy atom. The molecule has 0 atom stereocenters. The molecule has 3 aromatic rings. The second kappa shape index (κ2) is 9.57. The summed E-state index contributed by atoms with van der Waals surface area (Å²) >= 11 is 0.